The van der Waals surface area contributed by atoms with Crippen molar-refractivity contribution in [2.24, 2.45) is 5.10 Å². The third kappa shape index (κ3) is 2.78. The molecule has 0 aromatic heterocycles. The van der Waals surface area contributed by atoms with Crippen LogP contribution < -0.4 is 5.43 Å². The lowest BCUT2D eigenvalue weighted by atomic mass is 9.89. The zero-order valence-electron chi connectivity index (χ0n) is 13.7. The fourth-order valence-electron chi connectivity index (χ4n) is 3.37. The Morgan fingerprint density at radius 1 is 1.00 bits per heavy atom. The first-order valence-electron chi connectivity index (χ1n) is 8.37. The Bertz CT molecular complexity index is 764. The standard InChI is InChI=1S/C20H22N2S/c1-14-7-9-16(10-8-14)19-21-22-20(2,23-19)18-12-11-15-5-3-4-6-17(15)13-18/h7-13,22H,3-6H2,1-2H3. The van der Waals surface area contributed by atoms with Crippen molar-refractivity contribution in [1.29, 1.82) is 0 Å². The van der Waals surface area contributed by atoms with Gasteiger partial charge in [0.25, 0.3) is 0 Å². The van der Waals surface area contributed by atoms with Crippen LogP contribution in [-0.2, 0) is 17.7 Å². The Morgan fingerprint density at radius 3 is 2.52 bits per heavy atom. The number of aryl methyl sites for hydroxylation is 3. The smallest absolute Gasteiger partial charge is 0.128 e. The van der Waals surface area contributed by atoms with E-state index in [4.69, 9.17) is 0 Å². The van der Waals surface area contributed by atoms with Crippen molar-refractivity contribution in [2.75, 3.05) is 0 Å². The number of thioether (sulfide) groups is 1. The van der Waals surface area contributed by atoms with E-state index in [1.807, 2.05) is 11.8 Å². The summed E-state index contributed by atoms with van der Waals surface area (Å²) >= 11 is 1.81. The van der Waals surface area contributed by atoms with Gasteiger partial charge in [-0.05, 0) is 56.2 Å². The van der Waals surface area contributed by atoms with E-state index in [0.29, 0.717) is 0 Å². The molecule has 4 rings (SSSR count). The van der Waals surface area contributed by atoms with Crippen molar-refractivity contribution in [3.63, 3.8) is 0 Å². The van der Waals surface area contributed by atoms with Crippen LogP contribution >= 0.6 is 11.8 Å². The van der Waals surface area contributed by atoms with E-state index in [0.717, 1.165) is 5.04 Å². The molecule has 1 aliphatic heterocycles. The summed E-state index contributed by atoms with van der Waals surface area (Å²) in [5.41, 5.74) is 10.2. The van der Waals surface area contributed by atoms with Crippen LogP contribution in [0.5, 0.6) is 0 Å². The van der Waals surface area contributed by atoms with Crippen molar-refractivity contribution < 1.29 is 0 Å². The van der Waals surface area contributed by atoms with Crippen LogP contribution in [-0.4, -0.2) is 5.04 Å². The molecule has 1 heterocycles. The number of benzene rings is 2. The van der Waals surface area contributed by atoms with Gasteiger partial charge < -0.3 is 0 Å². The summed E-state index contributed by atoms with van der Waals surface area (Å²) < 4.78 is 0. The highest BCUT2D eigenvalue weighted by atomic mass is 32.2. The molecule has 0 bridgehead atoms. The van der Waals surface area contributed by atoms with Gasteiger partial charge >= 0.3 is 0 Å². The van der Waals surface area contributed by atoms with Gasteiger partial charge in [-0.25, -0.2) is 0 Å². The number of hydrazone groups is 1. The number of rotatable bonds is 2. The van der Waals surface area contributed by atoms with Gasteiger partial charge in [0, 0.05) is 5.56 Å². The summed E-state index contributed by atoms with van der Waals surface area (Å²) in [6, 6.07) is 15.6. The van der Waals surface area contributed by atoms with Crippen LogP contribution in [0.15, 0.2) is 47.6 Å². The third-order valence-electron chi connectivity index (χ3n) is 4.87. The minimum absolute atomic E-state index is 0.174. The maximum atomic E-state index is 4.61. The lowest BCUT2D eigenvalue weighted by molar-refractivity contribution is 0.560. The summed E-state index contributed by atoms with van der Waals surface area (Å²) in [7, 11) is 0. The first kappa shape index (κ1) is 14.8. The molecular formula is C20H22N2S. The maximum Gasteiger partial charge on any atom is 0.128 e. The first-order chi connectivity index (χ1) is 11.1. The van der Waals surface area contributed by atoms with Crippen LogP contribution in [0.3, 0.4) is 0 Å². The Labute approximate surface area is 142 Å². The van der Waals surface area contributed by atoms with Crippen molar-refractivity contribution >= 4 is 16.8 Å². The second kappa shape index (κ2) is 5.72. The molecule has 2 aromatic carbocycles. The topological polar surface area (TPSA) is 24.4 Å². The molecule has 1 N–H and O–H groups in total. The second-order valence-electron chi connectivity index (χ2n) is 6.72. The van der Waals surface area contributed by atoms with Crippen molar-refractivity contribution in [3.8, 4) is 0 Å². The molecule has 0 spiro atoms. The Kier molecular flexibility index (Phi) is 3.68. The summed E-state index contributed by atoms with van der Waals surface area (Å²) in [5, 5.41) is 5.68. The van der Waals surface area contributed by atoms with Gasteiger partial charge in [0.15, 0.2) is 0 Å². The third-order valence-corrected chi connectivity index (χ3v) is 6.13. The zero-order chi connectivity index (χ0) is 15.9. The van der Waals surface area contributed by atoms with E-state index < -0.39 is 0 Å². The molecule has 118 valence electrons. The predicted octanol–water partition coefficient (Wildman–Crippen LogP) is 4.74. The molecule has 0 saturated heterocycles. The van der Waals surface area contributed by atoms with E-state index in [1.165, 1.54) is 53.5 Å². The van der Waals surface area contributed by atoms with Crippen molar-refractivity contribution in [2.45, 2.75) is 44.4 Å². The van der Waals surface area contributed by atoms with Gasteiger partial charge in [0.2, 0.25) is 0 Å². The highest BCUT2D eigenvalue weighted by molar-refractivity contribution is 8.15. The molecule has 1 unspecified atom stereocenters. The summed E-state index contributed by atoms with van der Waals surface area (Å²) in [5.74, 6) is 0. The predicted molar refractivity (Wildman–Crippen MR) is 98.9 cm³/mol. The average molecular weight is 322 g/mol. The minimum atomic E-state index is -0.174. The Hall–Kier alpha value is -1.74. The molecule has 2 aliphatic rings. The Balaban J connectivity index is 1.59. The van der Waals surface area contributed by atoms with E-state index in [2.05, 4.69) is 66.8 Å². The minimum Gasteiger partial charge on any atom is -0.288 e. The van der Waals surface area contributed by atoms with Crippen LogP contribution in [0.4, 0.5) is 0 Å². The molecule has 0 radical (unpaired) electrons. The molecule has 2 nitrogen and oxygen atoms in total. The first-order valence-corrected chi connectivity index (χ1v) is 9.19. The monoisotopic (exact) mass is 322 g/mol. The molecule has 0 saturated carbocycles. The molecule has 0 fully saturated rings. The van der Waals surface area contributed by atoms with Crippen LogP contribution in [0.2, 0.25) is 0 Å². The van der Waals surface area contributed by atoms with Gasteiger partial charge in [-0.2, -0.15) is 5.10 Å². The fraction of sp³-hybridized carbons (Fsp3) is 0.350. The lowest BCUT2D eigenvalue weighted by Gasteiger charge is -2.26. The highest BCUT2D eigenvalue weighted by Gasteiger charge is 2.35. The second-order valence-corrected chi connectivity index (χ2v) is 8.13. The molecule has 3 heteroatoms. The van der Waals surface area contributed by atoms with Gasteiger partial charge in [-0.15, -0.1) is 0 Å². The summed E-state index contributed by atoms with van der Waals surface area (Å²) in [4.78, 5) is -0.174. The largest absolute Gasteiger partial charge is 0.288 e. The molecule has 23 heavy (non-hydrogen) atoms. The van der Waals surface area contributed by atoms with E-state index in [1.54, 1.807) is 0 Å². The summed E-state index contributed by atoms with van der Waals surface area (Å²) in [6.07, 6.45) is 5.10. The fourth-order valence-corrected chi connectivity index (χ4v) is 4.44. The lowest BCUT2D eigenvalue weighted by Crippen LogP contribution is -2.29. The van der Waals surface area contributed by atoms with E-state index in [9.17, 15) is 0 Å². The number of fused-ring (bicyclic) bond motifs is 1. The number of hydrogen-bond donors (Lipinski definition) is 1. The maximum absolute atomic E-state index is 4.61. The highest BCUT2D eigenvalue weighted by Crippen LogP contribution is 2.41. The van der Waals surface area contributed by atoms with Gasteiger partial charge in [-0.1, -0.05) is 59.8 Å². The van der Waals surface area contributed by atoms with E-state index >= 15 is 0 Å². The molecule has 0 amide bonds. The van der Waals surface area contributed by atoms with Crippen LogP contribution in [0.25, 0.3) is 0 Å². The molecular weight excluding hydrogens is 300 g/mol. The average Bonchev–Trinajstić information content (AvgIpc) is 2.99. The van der Waals surface area contributed by atoms with E-state index in [-0.39, 0.29) is 4.87 Å². The van der Waals surface area contributed by atoms with Gasteiger partial charge in [0.05, 0.1) is 0 Å². The van der Waals surface area contributed by atoms with Crippen molar-refractivity contribution in [1.82, 2.24) is 5.43 Å². The van der Waals surface area contributed by atoms with Crippen molar-refractivity contribution in [3.05, 3.63) is 70.3 Å². The SMILES string of the molecule is Cc1ccc(C2=NNC(C)(c3ccc4c(c3)CCCC4)S2)cc1. The quantitative estimate of drug-likeness (QED) is 0.863. The normalized spacial score (nSPS) is 23.1. The van der Waals surface area contributed by atoms with Gasteiger partial charge in [0.1, 0.15) is 9.91 Å². The molecule has 1 atom stereocenters. The number of hydrogen-bond acceptors (Lipinski definition) is 3. The number of nitrogens with one attached hydrogen (secondary N) is 1. The number of nitrogens with zero attached hydrogens (tertiary/aromatic N) is 1. The zero-order valence-corrected chi connectivity index (χ0v) is 14.5. The summed E-state index contributed by atoms with van der Waals surface area (Å²) in [6.45, 7) is 4.34. The van der Waals surface area contributed by atoms with Crippen LogP contribution in [0.1, 0.15) is 47.6 Å². The molecule has 1 aliphatic carbocycles. The Morgan fingerprint density at radius 2 is 1.74 bits per heavy atom. The van der Waals surface area contributed by atoms with Gasteiger partial charge in [-0.3, -0.25) is 5.43 Å². The molecule has 2 aromatic rings. The van der Waals surface area contributed by atoms with Crippen LogP contribution in [0, 0.1) is 6.92 Å².